The summed E-state index contributed by atoms with van der Waals surface area (Å²) in [6.45, 7) is -0.283. The Morgan fingerprint density at radius 3 is 2.45 bits per heavy atom. The van der Waals surface area contributed by atoms with E-state index in [1.54, 1.807) is 0 Å². The zero-order chi connectivity index (χ0) is 21.7. The second-order valence-electron chi connectivity index (χ2n) is 5.48. The topological polar surface area (TPSA) is 278 Å². The quantitative estimate of drug-likeness (QED) is 0.0559. The van der Waals surface area contributed by atoms with Crippen molar-refractivity contribution in [2.75, 3.05) is 12.1 Å². The van der Waals surface area contributed by atoms with Gasteiger partial charge in [-0.2, -0.15) is 0 Å². The summed E-state index contributed by atoms with van der Waals surface area (Å²) in [7, 11) is 0. The second-order valence-corrected chi connectivity index (χ2v) is 5.48. The average molecular weight is 403 g/mol. The van der Waals surface area contributed by atoms with E-state index < -0.39 is 17.5 Å². The first-order valence-corrected chi connectivity index (χ1v) is 8.02. The molecule has 2 rings (SSSR count). The lowest BCUT2D eigenvalue weighted by molar-refractivity contribution is 0.0995. The molecule has 14 nitrogen and oxygen atoms in total. The number of oxazole rings is 1. The van der Waals surface area contributed by atoms with Gasteiger partial charge in [-0.3, -0.25) is 16.0 Å². The first-order chi connectivity index (χ1) is 13.8. The van der Waals surface area contributed by atoms with Crippen molar-refractivity contribution < 1.29 is 14.3 Å². The minimum absolute atomic E-state index is 0.0362. The Labute approximate surface area is 164 Å². The minimum Gasteiger partial charge on any atom is -0.503 e. The van der Waals surface area contributed by atoms with E-state index in [2.05, 4.69) is 20.7 Å². The zero-order valence-electron chi connectivity index (χ0n) is 15.1. The zero-order valence-corrected chi connectivity index (χ0v) is 15.1. The van der Waals surface area contributed by atoms with E-state index in [1.165, 1.54) is 6.07 Å². The predicted molar refractivity (Wildman–Crippen MR) is 105 cm³/mol. The van der Waals surface area contributed by atoms with Crippen molar-refractivity contribution in [3.8, 4) is 11.4 Å². The summed E-state index contributed by atoms with van der Waals surface area (Å²) in [6.07, 6.45) is 0.943. The van der Waals surface area contributed by atoms with E-state index in [-0.39, 0.29) is 58.9 Å². The Balaban J connectivity index is 2.81. The molecule has 0 saturated heterocycles. The Kier molecular flexibility index (Phi) is 6.45. The fraction of sp³-hybridized carbons (Fsp3) is 0.133. The molecule has 154 valence electrons. The molecule has 2 aromatic rings. The van der Waals surface area contributed by atoms with Gasteiger partial charge in [-0.1, -0.05) is 0 Å². The van der Waals surface area contributed by atoms with Crippen molar-refractivity contribution in [2.24, 2.45) is 28.8 Å². The van der Waals surface area contributed by atoms with Gasteiger partial charge < -0.3 is 48.6 Å². The molecule has 2 heterocycles. The number of nitrogen functional groups attached to an aromatic ring is 1. The summed E-state index contributed by atoms with van der Waals surface area (Å²) in [5.41, 5.74) is 24.3. The third-order valence-electron chi connectivity index (χ3n) is 3.70. The number of nitrogens with two attached hydrogens (primary N) is 5. The number of rotatable bonds is 9. The van der Waals surface area contributed by atoms with E-state index in [4.69, 9.17) is 44.0 Å². The van der Waals surface area contributed by atoms with Gasteiger partial charge in [0, 0.05) is 11.8 Å². The van der Waals surface area contributed by atoms with Gasteiger partial charge in [0.25, 0.3) is 5.91 Å². The number of hydrogen-bond acceptors (Lipinski definition) is 12. The maximum Gasteiger partial charge on any atom is 0.267 e. The molecule has 15 N–H and O–H groups in total. The number of nitrogens with zero attached hydrogens (tertiary/aromatic N) is 2. The lowest BCUT2D eigenvalue weighted by Crippen LogP contribution is -2.26. The number of primary amides is 1. The molecule has 0 aliphatic carbocycles. The van der Waals surface area contributed by atoms with Gasteiger partial charge >= 0.3 is 0 Å². The van der Waals surface area contributed by atoms with Gasteiger partial charge in [0.05, 0.1) is 18.9 Å². The largest absolute Gasteiger partial charge is 0.503 e. The second kappa shape index (κ2) is 8.79. The number of aromatic nitrogens is 2. The van der Waals surface area contributed by atoms with Crippen molar-refractivity contribution in [3.63, 3.8) is 0 Å². The number of carbonyl (C=O) groups excluding carboxylic acids is 1. The number of anilines is 1. The van der Waals surface area contributed by atoms with Crippen LogP contribution in [0.5, 0.6) is 0 Å². The highest BCUT2D eigenvalue weighted by Gasteiger charge is 2.25. The molecule has 0 spiro atoms. The first-order valence-electron chi connectivity index (χ1n) is 8.02. The number of pyridine rings is 1. The van der Waals surface area contributed by atoms with Crippen LogP contribution < -0.4 is 39.5 Å². The lowest BCUT2D eigenvalue weighted by Gasteiger charge is -2.11. The van der Waals surface area contributed by atoms with E-state index >= 15 is 0 Å². The third kappa shape index (κ3) is 4.13. The number of amides is 1. The average Bonchev–Trinajstić information content (AvgIpc) is 3.13. The van der Waals surface area contributed by atoms with Gasteiger partial charge in [0.15, 0.2) is 11.6 Å². The van der Waals surface area contributed by atoms with Gasteiger partial charge in [-0.25, -0.2) is 9.97 Å². The molecule has 1 amide bonds. The van der Waals surface area contributed by atoms with Crippen LogP contribution in [0.1, 0.15) is 27.7 Å². The van der Waals surface area contributed by atoms with Crippen LogP contribution in [0.4, 0.5) is 5.69 Å². The molecule has 0 radical (unpaired) electrons. The highest BCUT2D eigenvalue weighted by atomic mass is 16.4. The SMILES string of the molecule is N=Cc1c(NN)cc(C(N)=O)nc1-c1nc(/C(NCN)=C(\O)C(=N)N)oc1CN. The summed E-state index contributed by atoms with van der Waals surface area (Å²) in [5.74, 6) is 3.25. The van der Waals surface area contributed by atoms with Crippen LogP contribution in [0.2, 0.25) is 0 Å². The highest BCUT2D eigenvalue weighted by Crippen LogP contribution is 2.31. The summed E-state index contributed by atoms with van der Waals surface area (Å²) in [6, 6.07) is 1.28. The number of aliphatic hydroxyl groups is 1. The van der Waals surface area contributed by atoms with Crippen LogP contribution in [0, 0.1) is 10.8 Å². The number of amidine groups is 1. The summed E-state index contributed by atoms with van der Waals surface area (Å²) in [5, 5.41) is 27.7. The van der Waals surface area contributed by atoms with Crippen LogP contribution in [0.3, 0.4) is 0 Å². The predicted octanol–water partition coefficient (Wildman–Crippen LogP) is -1.75. The van der Waals surface area contributed by atoms with Crippen molar-refractivity contribution >= 4 is 29.3 Å². The van der Waals surface area contributed by atoms with Crippen molar-refractivity contribution in [1.82, 2.24) is 15.3 Å². The molecule has 0 aliphatic rings. The van der Waals surface area contributed by atoms with Crippen LogP contribution in [-0.4, -0.2) is 39.7 Å². The van der Waals surface area contributed by atoms with E-state index in [0.29, 0.717) is 0 Å². The third-order valence-corrected chi connectivity index (χ3v) is 3.70. The maximum absolute atomic E-state index is 11.6. The van der Waals surface area contributed by atoms with Crippen molar-refractivity contribution in [2.45, 2.75) is 6.54 Å². The van der Waals surface area contributed by atoms with Gasteiger partial charge in [0.1, 0.15) is 28.5 Å². The molecule has 0 unspecified atom stereocenters. The highest BCUT2D eigenvalue weighted by molar-refractivity contribution is 6.00. The molecule has 0 fully saturated rings. The standard InChI is InChI=1S/C15H21N11O3/c16-2-5-6(26-22)1-7(14(21)28)24-9(5)10-8(3-17)29-15(25-10)11(23-4-18)12(27)13(19)20/h1-2,16,23,27H,3-4,17-18,22H2,(H3,19,20)(H2,21,28)(H,24,26)/b12-11+,16-2?. The molecule has 29 heavy (non-hydrogen) atoms. The van der Waals surface area contributed by atoms with Crippen molar-refractivity contribution in [3.05, 3.63) is 34.7 Å². The summed E-state index contributed by atoms with van der Waals surface area (Å²) < 4.78 is 5.57. The first kappa shape index (κ1) is 21.3. The number of nitrogens with one attached hydrogen (secondary N) is 4. The van der Waals surface area contributed by atoms with Crippen LogP contribution >= 0.6 is 0 Å². The molecular weight excluding hydrogens is 382 g/mol. The molecule has 0 aromatic carbocycles. The Morgan fingerprint density at radius 1 is 1.28 bits per heavy atom. The maximum atomic E-state index is 11.6. The van der Waals surface area contributed by atoms with Crippen LogP contribution in [0.25, 0.3) is 17.1 Å². The monoisotopic (exact) mass is 403 g/mol. The summed E-state index contributed by atoms with van der Waals surface area (Å²) >= 11 is 0. The van der Waals surface area contributed by atoms with E-state index in [9.17, 15) is 9.90 Å². The number of hydrazine groups is 1. The number of carbonyl (C=O) groups is 1. The normalized spacial score (nSPS) is 11.6. The molecule has 0 aliphatic heterocycles. The van der Waals surface area contributed by atoms with Gasteiger partial charge in [-0.05, 0) is 6.07 Å². The molecule has 14 heteroatoms. The minimum atomic E-state index is -0.836. The van der Waals surface area contributed by atoms with E-state index in [0.717, 1.165) is 6.21 Å². The van der Waals surface area contributed by atoms with Crippen LogP contribution in [-0.2, 0) is 6.54 Å². The molecule has 0 bridgehead atoms. The number of aliphatic hydroxyl groups excluding tert-OH is 1. The fourth-order valence-electron chi connectivity index (χ4n) is 2.41. The molecule has 0 atom stereocenters. The van der Waals surface area contributed by atoms with Crippen LogP contribution in [0.15, 0.2) is 16.2 Å². The lowest BCUT2D eigenvalue weighted by atomic mass is 10.1. The Bertz CT molecular complexity index is 996. The molecular formula is C15H21N11O3. The molecule has 0 saturated carbocycles. The van der Waals surface area contributed by atoms with Gasteiger partial charge in [-0.15, -0.1) is 0 Å². The van der Waals surface area contributed by atoms with Crippen molar-refractivity contribution in [1.29, 1.82) is 10.8 Å². The van der Waals surface area contributed by atoms with Gasteiger partial charge in [0.2, 0.25) is 5.89 Å². The number of hydrogen-bond donors (Lipinski definition) is 10. The smallest absolute Gasteiger partial charge is 0.267 e. The van der Waals surface area contributed by atoms with E-state index in [1.807, 2.05) is 0 Å². The summed E-state index contributed by atoms with van der Waals surface area (Å²) in [4.78, 5) is 20.0. The Hall–Kier alpha value is -4.01. The Morgan fingerprint density at radius 2 is 1.97 bits per heavy atom. The molecule has 2 aromatic heterocycles. The fourth-order valence-corrected chi connectivity index (χ4v) is 2.41.